The molecule has 0 fully saturated rings. The molecule has 0 atom stereocenters. The Kier molecular flexibility index (Phi) is 14.2. The van der Waals surface area contributed by atoms with E-state index in [1.54, 1.807) is 0 Å². The number of amides is 1. The van der Waals surface area contributed by atoms with Crippen molar-refractivity contribution in [1.82, 2.24) is 10.6 Å². The quantitative estimate of drug-likeness (QED) is 0.344. The largest absolute Gasteiger partial charge is 0.370 e. The number of nitrogens with zero attached hydrogens (tertiary/aromatic N) is 1. The number of hydrogen-bond acceptors (Lipinski definition) is 2. The van der Waals surface area contributed by atoms with Gasteiger partial charge in [0, 0.05) is 26.1 Å². The van der Waals surface area contributed by atoms with E-state index >= 15 is 0 Å². The van der Waals surface area contributed by atoms with Gasteiger partial charge in [0.05, 0.1) is 0 Å². The predicted octanol–water partition coefficient (Wildman–Crippen LogP) is 1.47. The minimum absolute atomic E-state index is 0. The fourth-order valence-electron chi connectivity index (χ4n) is 1.16. The average Bonchev–Trinajstić information content (AvgIpc) is 2.25. The van der Waals surface area contributed by atoms with E-state index < -0.39 is 0 Å². The van der Waals surface area contributed by atoms with Crippen LogP contribution in [0.2, 0.25) is 0 Å². The van der Waals surface area contributed by atoms with Crippen LogP contribution in [-0.4, -0.2) is 31.5 Å². The molecule has 108 valence electrons. The Morgan fingerprint density at radius 2 is 1.94 bits per heavy atom. The van der Waals surface area contributed by atoms with Gasteiger partial charge in [0.25, 0.3) is 0 Å². The molecule has 0 rings (SSSR count). The van der Waals surface area contributed by atoms with Crippen molar-refractivity contribution in [3.8, 4) is 0 Å². The Bertz CT molecular complexity index is 244. The number of halogens is 1. The number of rotatable bonds is 8. The molecular formula is C12H27IN4O. The van der Waals surface area contributed by atoms with Gasteiger partial charge in [-0.15, -0.1) is 24.0 Å². The molecule has 0 aliphatic rings. The van der Waals surface area contributed by atoms with Crippen molar-refractivity contribution in [3.05, 3.63) is 0 Å². The van der Waals surface area contributed by atoms with Gasteiger partial charge in [0.15, 0.2) is 5.96 Å². The highest BCUT2D eigenvalue weighted by Crippen LogP contribution is 1.97. The van der Waals surface area contributed by atoms with E-state index in [1.165, 1.54) is 0 Å². The maximum Gasteiger partial charge on any atom is 0.221 e. The summed E-state index contributed by atoms with van der Waals surface area (Å²) in [5, 5.41) is 5.74. The molecule has 0 radical (unpaired) electrons. The Balaban J connectivity index is 0. The van der Waals surface area contributed by atoms with Crippen molar-refractivity contribution in [2.45, 2.75) is 40.0 Å². The van der Waals surface area contributed by atoms with Crippen LogP contribution in [0.5, 0.6) is 0 Å². The Hall–Kier alpha value is -0.530. The molecule has 1 amide bonds. The molecule has 0 saturated heterocycles. The van der Waals surface area contributed by atoms with Gasteiger partial charge in [-0.2, -0.15) is 0 Å². The summed E-state index contributed by atoms with van der Waals surface area (Å²) in [6, 6.07) is 0. The van der Waals surface area contributed by atoms with E-state index in [-0.39, 0.29) is 29.9 Å². The summed E-state index contributed by atoms with van der Waals surface area (Å²) in [5.74, 6) is 1.11. The second-order valence-corrected chi connectivity index (χ2v) is 4.48. The normalized spacial score (nSPS) is 11.0. The first-order valence-corrected chi connectivity index (χ1v) is 6.36. The third-order valence-corrected chi connectivity index (χ3v) is 2.22. The van der Waals surface area contributed by atoms with Gasteiger partial charge < -0.3 is 16.4 Å². The van der Waals surface area contributed by atoms with Gasteiger partial charge in [0.1, 0.15) is 0 Å². The molecule has 6 heteroatoms. The first-order chi connectivity index (χ1) is 8.06. The molecule has 0 saturated carbocycles. The standard InChI is InChI=1S/C12H26N4O.HI/c1-4-7-14-11(17)6-9-16-12(13)15-8-5-10(2)3;/h10H,4-9H2,1-3H3,(H,14,17)(H3,13,15,16);1H. The van der Waals surface area contributed by atoms with E-state index in [4.69, 9.17) is 5.73 Å². The minimum Gasteiger partial charge on any atom is -0.370 e. The van der Waals surface area contributed by atoms with Gasteiger partial charge in [-0.25, -0.2) is 0 Å². The molecule has 0 aliphatic carbocycles. The lowest BCUT2D eigenvalue weighted by molar-refractivity contribution is -0.120. The van der Waals surface area contributed by atoms with Crippen molar-refractivity contribution in [2.75, 3.05) is 19.6 Å². The van der Waals surface area contributed by atoms with Gasteiger partial charge in [0.2, 0.25) is 5.91 Å². The van der Waals surface area contributed by atoms with E-state index in [9.17, 15) is 4.79 Å². The second kappa shape index (κ2) is 12.9. The number of carbonyl (C=O) groups excluding carboxylic acids is 1. The lowest BCUT2D eigenvalue weighted by Gasteiger charge is -2.06. The van der Waals surface area contributed by atoms with Crippen LogP contribution in [-0.2, 0) is 4.79 Å². The topological polar surface area (TPSA) is 79.5 Å². The fraction of sp³-hybridized carbons (Fsp3) is 0.833. The Morgan fingerprint density at radius 3 is 2.50 bits per heavy atom. The van der Waals surface area contributed by atoms with E-state index in [0.717, 1.165) is 25.9 Å². The molecule has 0 heterocycles. The van der Waals surface area contributed by atoms with Crippen molar-refractivity contribution < 1.29 is 4.79 Å². The summed E-state index contributed by atoms with van der Waals surface area (Å²) in [5.41, 5.74) is 5.65. The molecule has 4 N–H and O–H groups in total. The summed E-state index contributed by atoms with van der Waals surface area (Å²) in [4.78, 5) is 15.4. The summed E-state index contributed by atoms with van der Waals surface area (Å²) in [7, 11) is 0. The lowest BCUT2D eigenvalue weighted by Crippen LogP contribution is -2.35. The van der Waals surface area contributed by atoms with Crippen LogP contribution >= 0.6 is 24.0 Å². The van der Waals surface area contributed by atoms with Crippen LogP contribution in [0.3, 0.4) is 0 Å². The van der Waals surface area contributed by atoms with Crippen LogP contribution < -0.4 is 16.4 Å². The SMILES string of the molecule is CCCNC(=O)CCNC(N)=NCCC(C)C.I. The first-order valence-electron chi connectivity index (χ1n) is 6.36. The monoisotopic (exact) mass is 370 g/mol. The second-order valence-electron chi connectivity index (χ2n) is 4.48. The van der Waals surface area contributed by atoms with Gasteiger partial charge in [-0.1, -0.05) is 20.8 Å². The highest BCUT2D eigenvalue weighted by atomic mass is 127. The van der Waals surface area contributed by atoms with E-state index in [2.05, 4.69) is 29.5 Å². The molecule has 0 unspecified atom stereocenters. The maximum atomic E-state index is 11.3. The van der Waals surface area contributed by atoms with Gasteiger partial charge in [-0.05, 0) is 18.8 Å². The Morgan fingerprint density at radius 1 is 1.28 bits per heavy atom. The zero-order valence-electron chi connectivity index (χ0n) is 11.7. The lowest BCUT2D eigenvalue weighted by atomic mass is 10.1. The third kappa shape index (κ3) is 13.5. The van der Waals surface area contributed by atoms with Crippen LogP contribution in [0.15, 0.2) is 4.99 Å². The van der Waals surface area contributed by atoms with Crippen molar-refractivity contribution in [3.63, 3.8) is 0 Å². The van der Waals surface area contributed by atoms with Crippen LogP contribution in [0.1, 0.15) is 40.0 Å². The summed E-state index contributed by atoms with van der Waals surface area (Å²) >= 11 is 0. The maximum absolute atomic E-state index is 11.3. The van der Waals surface area contributed by atoms with E-state index in [0.29, 0.717) is 24.8 Å². The number of nitrogens with two attached hydrogens (primary N) is 1. The van der Waals surface area contributed by atoms with Crippen LogP contribution in [0, 0.1) is 5.92 Å². The number of carbonyl (C=O) groups is 1. The smallest absolute Gasteiger partial charge is 0.221 e. The molecule has 0 aromatic rings. The zero-order valence-corrected chi connectivity index (χ0v) is 14.0. The molecule has 18 heavy (non-hydrogen) atoms. The number of aliphatic imine (C=N–C) groups is 1. The van der Waals surface area contributed by atoms with Gasteiger partial charge >= 0.3 is 0 Å². The van der Waals surface area contributed by atoms with Crippen molar-refractivity contribution >= 4 is 35.8 Å². The molecule has 5 nitrogen and oxygen atoms in total. The highest BCUT2D eigenvalue weighted by Gasteiger charge is 1.99. The molecule has 0 aromatic carbocycles. The van der Waals surface area contributed by atoms with Crippen LogP contribution in [0.4, 0.5) is 0 Å². The summed E-state index contributed by atoms with van der Waals surface area (Å²) in [6.45, 7) is 8.33. The molecule has 0 spiro atoms. The fourth-order valence-corrected chi connectivity index (χ4v) is 1.16. The molecule has 0 aromatic heterocycles. The predicted molar refractivity (Wildman–Crippen MR) is 87.3 cm³/mol. The van der Waals surface area contributed by atoms with Crippen LogP contribution in [0.25, 0.3) is 0 Å². The Labute approximate surface area is 127 Å². The highest BCUT2D eigenvalue weighted by molar-refractivity contribution is 14.0. The molecular weight excluding hydrogens is 343 g/mol. The summed E-state index contributed by atoms with van der Waals surface area (Å²) < 4.78 is 0. The van der Waals surface area contributed by atoms with Gasteiger partial charge in [-0.3, -0.25) is 9.79 Å². The van der Waals surface area contributed by atoms with E-state index in [1.807, 2.05) is 6.92 Å². The van der Waals surface area contributed by atoms with Crippen molar-refractivity contribution in [2.24, 2.45) is 16.6 Å². The molecule has 0 aliphatic heterocycles. The zero-order chi connectivity index (χ0) is 13.1. The summed E-state index contributed by atoms with van der Waals surface area (Å²) in [6.07, 6.45) is 2.41. The molecule has 0 bridgehead atoms. The number of guanidine groups is 1. The number of hydrogen-bond donors (Lipinski definition) is 3. The number of nitrogens with one attached hydrogen (secondary N) is 2. The minimum atomic E-state index is 0. The average molecular weight is 370 g/mol. The van der Waals surface area contributed by atoms with Crippen molar-refractivity contribution in [1.29, 1.82) is 0 Å². The first kappa shape index (κ1) is 19.8. The third-order valence-electron chi connectivity index (χ3n) is 2.22.